The first-order valence-electron chi connectivity index (χ1n) is 8.43. The molecular weight excluding hydrogens is 359 g/mol. The topological polar surface area (TPSA) is 63.5 Å². The average molecular weight is 383 g/mol. The van der Waals surface area contributed by atoms with E-state index in [1.165, 1.54) is 10.7 Å². The first kappa shape index (κ1) is 20.8. The highest BCUT2D eigenvalue weighted by molar-refractivity contribution is 5.79. The fourth-order valence-electron chi connectivity index (χ4n) is 2.68. The van der Waals surface area contributed by atoms with Crippen molar-refractivity contribution in [3.8, 4) is 5.69 Å². The third-order valence-corrected chi connectivity index (χ3v) is 3.92. The summed E-state index contributed by atoms with van der Waals surface area (Å²) in [5.41, 5.74) is 1.32. The van der Waals surface area contributed by atoms with Gasteiger partial charge in [-0.2, -0.15) is 18.3 Å². The van der Waals surface area contributed by atoms with Crippen LogP contribution in [0.1, 0.15) is 22.5 Å². The van der Waals surface area contributed by atoms with Crippen LogP contribution in [-0.2, 0) is 17.5 Å². The van der Waals surface area contributed by atoms with Gasteiger partial charge in [0.25, 0.3) is 0 Å². The van der Waals surface area contributed by atoms with E-state index in [4.69, 9.17) is 4.74 Å². The number of aromatic nitrogens is 2. The highest BCUT2D eigenvalue weighted by Gasteiger charge is 2.33. The molecule has 2 aromatic rings. The molecule has 0 aliphatic heterocycles. The van der Waals surface area contributed by atoms with Crippen molar-refractivity contribution in [2.75, 3.05) is 27.3 Å². The lowest BCUT2D eigenvalue weighted by Gasteiger charge is -2.17. The Morgan fingerprint density at radius 2 is 1.96 bits per heavy atom. The number of aliphatic imine (C=N–C) groups is 1. The monoisotopic (exact) mass is 383 g/mol. The Bertz CT molecular complexity index is 799. The predicted octanol–water partition coefficient (Wildman–Crippen LogP) is 2.82. The minimum absolute atomic E-state index is 0.0150. The van der Waals surface area contributed by atoms with Crippen molar-refractivity contribution in [3.05, 3.63) is 46.8 Å². The molecule has 1 aromatic carbocycles. The van der Waals surface area contributed by atoms with E-state index in [0.717, 1.165) is 17.5 Å². The smallest absolute Gasteiger partial charge is 0.383 e. The van der Waals surface area contributed by atoms with Crippen molar-refractivity contribution < 1.29 is 17.9 Å². The van der Waals surface area contributed by atoms with Crippen LogP contribution in [0.15, 0.2) is 29.3 Å². The first-order valence-corrected chi connectivity index (χ1v) is 8.43. The van der Waals surface area contributed by atoms with E-state index in [1.54, 1.807) is 34.1 Å². The molecule has 0 unspecified atom stereocenters. The second-order valence-electron chi connectivity index (χ2n) is 6.02. The highest BCUT2D eigenvalue weighted by Crippen LogP contribution is 2.33. The van der Waals surface area contributed by atoms with E-state index in [1.807, 2.05) is 6.07 Å². The molecule has 9 heteroatoms. The Morgan fingerprint density at radius 3 is 2.52 bits per heavy atom. The molecule has 0 fully saturated rings. The van der Waals surface area contributed by atoms with E-state index in [0.29, 0.717) is 24.8 Å². The van der Waals surface area contributed by atoms with E-state index in [-0.39, 0.29) is 12.1 Å². The summed E-state index contributed by atoms with van der Waals surface area (Å²) in [5.74, 6) is 0.405. The number of hydrogen-bond donors (Lipinski definition) is 2. The zero-order chi connectivity index (χ0) is 20.0. The maximum Gasteiger partial charge on any atom is 0.416 e. The fourth-order valence-corrected chi connectivity index (χ4v) is 2.68. The fraction of sp³-hybridized carbons (Fsp3) is 0.444. The van der Waals surface area contributed by atoms with Crippen LogP contribution in [0.25, 0.3) is 5.69 Å². The Kier molecular flexibility index (Phi) is 6.84. The maximum absolute atomic E-state index is 13.6. The van der Waals surface area contributed by atoms with Crippen molar-refractivity contribution in [1.29, 1.82) is 0 Å². The number of benzene rings is 1. The van der Waals surface area contributed by atoms with Gasteiger partial charge in [0.2, 0.25) is 0 Å². The molecule has 0 amide bonds. The molecule has 2 rings (SSSR count). The van der Waals surface area contributed by atoms with Gasteiger partial charge in [-0.1, -0.05) is 6.07 Å². The summed E-state index contributed by atoms with van der Waals surface area (Å²) in [5, 5.41) is 10.1. The highest BCUT2D eigenvalue weighted by atomic mass is 19.4. The summed E-state index contributed by atoms with van der Waals surface area (Å²) in [4.78, 5) is 3.99. The van der Waals surface area contributed by atoms with Crippen LogP contribution in [0.3, 0.4) is 0 Å². The largest absolute Gasteiger partial charge is 0.416 e. The molecule has 2 N–H and O–H groups in total. The Balaban J connectivity index is 2.25. The predicted molar refractivity (Wildman–Crippen MR) is 98.1 cm³/mol. The second kappa shape index (κ2) is 8.90. The van der Waals surface area contributed by atoms with Gasteiger partial charge >= 0.3 is 6.18 Å². The zero-order valence-electron chi connectivity index (χ0n) is 15.8. The quantitative estimate of drug-likeness (QED) is 0.457. The van der Waals surface area contributed by atoms with Crippen molar-refractivity contribution in [1.82, 2.24) is 20.4 Å². The summed E-state index contributed by atoms with van der Waals surface area (Å²) in [6, 6.07) is 6.03. The van der Waals surface area contributed by atoms with E-state index >= 15 is 0 Å². The molecule has 0 aliphatic rings. The van der Waals surface area contributed by atoms with E-state index in [9.17, 15) is 13.2 Å². The molecule has 0 spiro atoms. The molecule has 0 radical (unpaired) electrons. The number of guanidine groups is 1. The van der Waals surface area contributed by atoms with Crippen molar-refractivity contribution >= 4 is 5.96 Å². The Hall–Kier alpha value is -2.55. The summed E-state index contributed by atoms with van der Waals surface area (Å²) < 4.78 is 47.2. The number of nitrogens with one attached hydrogen (secondary N) is 2. The number of halogens is 3. The lowest BCUT2D eigenvalue weighted by Crippen LogP contribution is -2.38. The van der Waals surface area contributed by atoms with Crippen LogP contribution in [0, 0.1) is 13.8 Å². The molecular formula is C18H24F3N5O. The lowest BCUT2D eigenvalue weighted by molar-refractivity contribution is -0.138. The lowest BCUT2D eigenvalue weighted by atomic mass is 10.1. The van der Waals surface area contributed by atoms with Gasteiger partial charge in [0.05, 0.1) is 23.6 Å². The molecule has 6 nitrogen and oxygen atoms in total. The van der Waals surface area contributed by atoms with Crippen LogP contribution < -0.4 is 10.6 Å². The molecule has 1 aromatic heterocycles. The number of rotatable bonds is 6. The summed E-state index contributed by atoms with van der Waals surface area (Å²) >= 11 is 0. The van der Waals surface area contributed by atoms with Crippen LogP contribution in [0.2, 0.25) is 0 Å². The molecule has 0 atom stereocenters. The van der Waals surface area contributed by atoms with Crippen molar-refractivity contribution in [2.24, 2.45) is 4.99 Å². The zero-order valence-corrected chi connectivity index (χ0v) is 15.8. The third-order valence-electron chi connectivity index (χ3n) is 3.92. The van der Waals surface area contributed by atoms with Gasteiger partial charge in [-0.15, -0.1) is 0 Å². The normalized spacial score (nSPS) is 12.3. The average Bonchev–Trinajstić information content (AvgIpc) is 2.95. The van der Waals surface area contributed by atoms with Gasteiger partial charge in [0, 0.05) is 32.9 Å². The Labute approximate surface area is 156 Å². The minimum atomic E-state index is -4.48. The molecule has 0 saturated carbocycles. The number of nitrogens with zero attached hydrogens (tertiary/aromatic N) is 3. The number of methoxy groups -OCH3 is 1. The molecule has 1 heterocycles. The standard InChI is InChI=1S/C18H24F3N5O/c1-12-9-13(2)26(25-12)15-6-5-14(16(10-15)18(19,20)21)11-24-17(22-3)23-7-8-27-4/h5-6,9-10H,7-8,11H2,1-4H3,(H2,22,23,24). The summed E-state index contributed by atoms with van der Waals surface area (Å²) in [6.45, 7) is 4.55. The van der Waals surface area contributed by atoms with Crippen LogP contribution >= 0.6 is 0 Å². The van der Waals surface area contributed by atoms with Crippen LogP contribution in [-0.4, -0.2) is 43.0 Å². The number of hydrogen-bond acceptors (Lipinski definition) is 3. The molecule has 0 bridgehead atoms. The van der Waals surface area contributed by atoms with Crippen LogP contribution in [0.4, 0.5) is 13.2 Å². The van der Waals surface area contributed by atoms with E-state index < -0.39 is 11.7 Å². The van der Waals surface area contributed by atoms with Crippen molar-refractivity contribution in [3.63, 3.8) is 0 Å². The van der Waals surface area contributed by atoms with Gasteiger partial charge < -0.3 is 15.4 Å². The maximum atomic E-state index is 13.6. The van der Waals surface area contributed by atoms with Gasteiger partial charge in [0.1, 0.15) is 0 Å². The minimum Gasteiger partial charge on any atom is -0.383 e. The number of aryl methyl sites for hydroxylation is 2. The molecule has 0 saturated heterocycles. The van der Waals surface area contributed by atoms with E-state index in [2.05, 4.69) is 20.7 Å². The Morgan fingerprint density at radius 1 is 1.22 bits per heavy atom. The van der Waals surface area contributed by atoms with Gasteiger partial charge in [-0.05, 0) is 37.6 Å². The van der Waals surface area contributed by atoms with Crippen LogP contribution in [0.5, 0.6) is 0 Å². The SMILES string of the molecule is CN=C(NCCOC)NCc1ccc(-n2nc(C)cc2C)cc1C(F)(F)F. The third kappa shape index (κ3) is 5.46. The number of alkyl halides is 3. The van der Waals surface area contributed by atoms with Crippen molar-refractivity contribution in [2.45, 2.75) is 26.6 Å². The first-order chi connectivity index (χ1) is 12.8. The van der Waals surface area contributed by atoms with Gasteiger partial charge in [0.15, 0.2) is 5.96 Å². The molecule has 0 aliphatic carbocycles. The summed E-state index contributed by atoms with van der Waals surface area (Å²) in [6.07, 6.45) is -4.48. The second-order valence-corrected chi connectivity index (χ2v) is 6.02. The van der Waals surface area contributed by atoms with Gasteiger partial charge in [-0.3, -0.25) is 4.99 Å². The van der Waals surface area contributed by atoms with Gasteiger partial charge in [-0.25, -0.2) is 4.68 Å². The summed E-state index contributed by atoms with van der Waals surface area (Å²) in [7, 11) is 3.12. The number of ether oxygens (including phenoxy) is 1. The molecule has 27 heavy (non-hydrogen) atoms. The molecule has 148 valence electrons.